The van der Waals surface area contributed by atoms with Crippen LogP contribution in [-0.4, -0.2) is 13.7 Å². The summed E-state index contributed by atoms with van der Waals surface area (Å²) in [6.45, 7) is 0.666. The molecule has 0 spiro atoms. The van der Waals surface area contributed by atoms with Crippen molar-refractivity contribution in [2.75, 3.05) is 13.7 Å². The molecule has 0 fully saturated rings. The first kappa shape index (κ1) is 12.5. The number of ether oxygens (including phenoxy) is 2. The first-order chi connectivity index (χ1) is 8.31. The maximum Gasteiger partial charge on any atom is 0.175 e. The molecule has 0 bridgehead atoms. The summed E-state index contributed by atoms with van der Waals surface area (Å²) in [4.78, 5) is 0. The molecule has 0 heterocycles. The summed E-state index contributed by atoms with van der Waals surface area (Å²) in [7, 11) is 1.66. The summed E-state index contributed by atoms with van der Waals surface area (Å²) >= 11 is 3.49. The van der Waals surface area contributed by atoms with Crippen LogP contribution in [-0.2, 0) is 0 Å². The zero-order valence-corrected chi connectivity index (χ0v) is 11.6. The molecule has 0 aliphatic heterocycles. The second kappa shape index (κ2) is 6.10. The first-order valence-corrected chi connectivity index (χ1v) is 6.74. The fourth-order valence-corrected chi connectivity index (χ4v) is 2.45. The van der Waals surface area contributed by atoms with Crippen molar-refractivity contribution in [1.82, 2.24) is 0 Å². The second-order valence-electron chi connectivity index (χ2n) is 4.17. The van der Waals surface area contributed by atoms with E-state index in [1.165, 1.54) is 24.8 Å². The van der Waals surface area contributed by atoms with E-state index in [0.717, 1.165) is 22.4 Å². The summed E-state index contributed by atoms with van der Waals surface area (Å²) < 4.78 is 12.1. The Bertz CT molecular complexity index is 413. The highest BCUT2D eigenvalue weighted by Crippen LogP contribution is 2.35. The minimum absolute atomic E-state index is 0.666. The average molecular weight is 297 g/mol. The molecule has 1 aromatic carbocycles. The molecule has 92 valence electrons. The maximum absolute atomic E-state index is 5.86. The number of methoxy groups -OCH3 is 1. The fourth-order valence-electron chi connectivity index (χ4n) is 1.99. The molecule has 2 rings (SSSR count). The van der Waals surface area contributed by atoms with Gasteiger partial charge in [0.25, 0.3) is 0 Å². The third kappa shape index (κ3) is 3.25. The minimum atomic E-state index is 0.666. The smallest absolute Gasteiger partial charge is 0.175 e. The van der Waals surface area contributed by atoms with E-state index in [0.29, 0.717) is 6.61 Å². The predicted octanol–water partition coefficient (Wildman–Crippen LogP) is 4.34. The highest BCUT2D eigenvalue weighted by Gasteiger charge is 2.10. The van der Waals surface area contributed by atoms with Gasteiger partial charge in [0, 0.05) is 0 Å². The molecular formula is C14H17BrO2. The van der Waals surface area contributed by atoms with Crippen LogP contribution in [0.1, 0.15) is 25.7 Å². The van der Waals surface area contributed by atoms with Gasteiger partial charge in [0.2, 0.25) is 0 Å². The van der Waals surface area contributed by atoms with Gasteiger partial charge < -0.3 is 9.47 Å². The zero-order chi connectivity index (χ0) is 12.1. The lowest BCUT2D eigenvalue weighted by Crippen LogP contribution is -2.05. The maximum atomic E-state index is 5.86. The molecule has 1 aliphatic carbocycles. The van der Waals surface area contributed by atoms with Gasteiger partial charge in [-0.15, -0.1) is 0 Å². The van der Waals surface area contributed by atoms with Crippen molar-refractivity contribution in [2.45, 2.75) is 25.7 Å². The Morgan fingerprint density at radius 3 is 2.88 bits per heavy atom. The van der Waals surface area contributed by atoms with Gasteiger partial charge in [0.05, 0.1) is 11.6 Å². The average Bonchev–Trinajstić information content (AvgIpc) is 2.38. The summed E-state index contributed by atoms with van der Waals surface area (Å²) in [6, 6.07) is 5.82. The number of rotatable bonds is 4. The Labute approximate surface area is 111 Å². The van der Waals surface area contributed by atoms with Gasteiger partial charge in [-0.05, 0) is 59.3 Å². The Hall–Kier alpha value is -0.960. The van der Waals surface area contributed by atoms with Crippen LogP contribution in [0.15, 0.2) is 34.3 Å². The Balaban J connectivity index is 2.05. The Morgan fingerprint density at radius 1 is 1.29 bits per heavy atom. The molecule has 0 radical (unpaired) electrons. The van der Waals surface area contributed by atoms with Crippen molar-refractivity contribution >= 4 is 15.9 Å². The number of hydrogen-bond acceptors (Lipinski definition) is 2. The van der Waals surface area contributed by atoms with E-state index < -0.39 is 0 Å². The van der Waals surface area contributed by atoms with Gasteiger partial charge in [-0.2, -0.15) is 0 Å². The third-order valence-electron chi connectivity index (χ3n) is 2.94. The molecule has 0 saturated carbocycles. The lowest BCUT2D eigenvalue weighted by atomic mass is 10.0. The standard InChI is InChI=1S/C14H17BrO2/c1-16-13-9-5-8-12(15)14(13)17-10-11-6-3-2-4-7-11/h5-6,8-9H,2-4,7,10H2,1H3. The van der Waals surface area contributed by atoms with E-state index in [9.17, 15) is 0 Å². The van der Waals surface area contributed by atoms with Crippen LogP contribution in [0.5, 0.6) is 11.5 Å². The van der Waals surface area contributed by atoms with E-state index in [4.69, 9.17) is 9.47 Å². The van der Waals surface area contributed by atoms with Crippen molar-refractivity contribution in [3.05, 3.63) is 34.3 Å². The molecule has 3 heteroatoms. The summed E-state index contributed by atoms with van der Waals surface area (Å²) in [5.74, 6) is 1.57. The number of halogens is 1. The molecule has 17 heavy (non-hydrogen) atoms. The molecule has 0 N–H and O–H groups in total. The van der Waals surface area contributed by atoms with Crippen LogP contribution in [0.25, 0.3) is 0 Å². The van der Waals surface area contributed by atoms with Crippen molar-refractivity contribution in [3.8, 4) is 11.5 Å². The van der Waals surface area contributed by atoms with Crippen LogP contribution in [0.3, 0.4) is 0 Å². The molecule has 0 atom stereocenters. The molecule has 0 saturated heterocycles. The van der Waals surface area contributed by atoms with E-state index in [1.807, 2.05) is 18.2 Å². The molecular weight excluding hydrogens is 280 g/mol. The quantitative estimate of drug-likeness (QED) is 0.770. The number of para-hydroxylation sites is 1. The normalized spacial score (nSPS) is 15.3. The van der Waals surface area contributed by atoms with Crippen molar-refractivity contribution in [1.29, 1.82) is 0 Å². The van der Waals surface area contributed by atoms with E-state index in [2.05, 4.69) is 22.0 Å². The predicted molar refractivity (Wildman–Crippen MR) is 72.7 cm³/mol. The molecule has 0 aromatic heterocycles. The Morgan fingerprint density at radius 2 is 2.18 bits per heavy atom. The van der Waals surface area contributed by atoms with Gasteiger partial charge >= 0.3 is 0 Å². The Kier molecular flexibility index (Phi) is 4.49. The number of hydrogen-bond donors (Lipinski definition) is 0. The van der Waals surface area contributed by atoms with Crippen molar-refractivity contribution in [2.24, 2.45) is 0 Å². The van der Waals surface area contributed by atoms with Gasteiger partial charge in [0.15, 0.2) is 11.5 Å². The summed E-state index contributed by atoms with van der Waals surface area (Å²) in [5.41, 5.74) is 1.40. The second-order valence-corrected chi connectivity index (χ2v) is 5.02. The van der Waals surface area contributed by atoms with Gasteiger partial charge in [0.1, 0.15) is 6.61 Å². The van der Waals surface area contributed by atoms with E-state index in [-0.39, 0.29) is 0 Å². The largest absolute Gasteiger partial charge is 0.493 e. The molecule has 1 aliphatic rings. The highest BCUT2D eigenvalue weighted by atomic mass is 79.9. The highest BCUT2D eigenvalue weighted by molar-refractivity contribution is 9.10. The van der Waals surface area contributed by atoms with E-state index in [1.54, 1.807) is 7.11 Å². The monoisotopic (exact) mass is 296 g/mol. The molecule has 0 amide bonds. The molecule has 2 nitrogen and oxygen atoms in total. The first-order valence-electron chi connectivity index (χ1n) is 5.94. The van der Waals surface area contributed by atoms with Crippen LogP contribution in [0, 0.1) is 0 Å². The molecule has 1 aromatic rings. The van der Waals surface area contributed by atoms with E-state index >= 15 is 0 Å². The van der Waals surface area contributed by atoms with Crippen LogP contribution < -0.4 is 9.47 Å². The van der Waals surface area contributed by atoms with Gasteiger partial charge in [-0.3, -0.25) is 0 Å². The topological polar surface area (TPSA) is 18.5 Å². The summed E-state index contributed by atoms with van der Waals surface area (Å²) in [5, 5.41) is 0. The fraction of sp³-hybridized carbons (Fsp3) is 0.429. The van der Waals surface area contributed by atoms with Crippen LogP contribution >= 0.6 is 15.9 Å². The lowest BCUT2D eigenvalue weighted by Gasteiger charge is -2.16. The van der Waals surface area contributed by atoms with Crippen LogP contribution in [0.4, 0.5) is 0 Å². The summed E-state index contributed by atoms with van der Waals surface area (Å²) in [6.07, 6.45) is 7.23. The minimum Gasteiger partial charge on any atom is -0.493 e. The van der Waals surface area contributed by atoms with Gasteiger partial charge in [-0.25, -0.2) is 0 Å². The van der Waals surface area contributed by atoms with Crippen LogP contribution in [0.2, 0.25) is 0 Å². The number of allylic oxidation sites excluding steroid dienone is 1. The molecule has 0 unspecified atom stereocenters. The van der Waals surface area contributed by atoms with Gasteiger partial charge in [-0.1, -0.05) is 12.1 Å². The van der Waals surface area contributed by atoms with Crippen molar-refractivity contribution < 1.29 is 9.47 Å². The zero-order valence-electron chi connectivity index (χ0n) is 10.0. The lowest BCUT2D eigenvalue weighted by molar-refractivity contribution is 0.312. The SMILES string of the molecule is COc1cccc(Br)c1OCC1=CCCCC1. The third-order valence-corrected chi connectivity index (χ3v) is 3.56. The van der Waals surface area contributed by atoms with Crippen molar-refractivity contribution in [3.63, 3.8) is 0 Å². The number of benzene rings is 1.